The summed E-state index contributed by atoms with van der Waals surface area (Å²) in [5, 5.41) is 3.16. The number of thioether (sulfide) groups is 2. The summed E-state index contributed by atoms with van der Waals surface area (Å²) in [4.78, 5) is 17.0. The molecule has 0 saturated heterocycles. The fourth-order valence-electron chi connectivity index (χ4n) is 4.00. The van der Waals surface area contributed by atoms with Crippen molar-refractivity contribution < 1.29 is 0 Å². The second-order valence-electron chi connectivity index (χ2n) is 7.87. The molecule has 0 amide bonds. The minimum Gasteiger partial charge on any atom is -0.231 e. The van der Waals surface area contributed by atoms with Crippen LogP contribution >= 0.6 is 23.5 Å². The first-order valence-corrected chi connectivity index (χ1v) is 12.6. The monoisotopic (exact) mass is 440 g/mol. The Kier molecular flexibility index (Phi) is 9.90. The summed E-state index contributed by atoms with van der Waals surface area (Å²) in [6.07, 6.45) is 21.7. The van der Waals surface area contributed by atoms with Crippen LogP contribution in [0.5, 0.6) is 0 Å². The van der Waals surface area contributed by atoms with Crippen molar-refractivity contribution in [1.82, 2.24) is 19.9 Å². The number of aromatic nitrogens is 4. The summed E-state index contributed by atoms with van der Waals surface area (Å²) in [6, 6.07) is 3.72. The third kappa shape index (κ3) is 7.88. The van der Waals surface area contributed by atoms with Crippen LogP contribution in [0.2, 0.25) is 0 Å². The first-order valence-electron chi connectivity index (χ1n) is 10.9. The van der Waals surface area contributed by atoms with Crippen LogP contribution in [0.3, 0.4) is 0 Å². The molecule has 2 aliphatic rings. The second kappa shape index (κ2) is 12.9. The average molecular weight is 441 g/mol. The van der Waals surface area contributed by atoms with Crippen LogP contribution < -0.4 is 0 Å². The lowest BCUT2D eigenvalue weighted by Crippen LogP contribution is -2.16. The summed E-state index contributed by atoms with van der Waals surface area (Å²) >= 11 is 3.63. The molecular formula is C24H32N4S2. The first kappa shape index (κ1) is 23.0. The molecule has 2 fully saturated rings. The fraction of sp³-hybridized carbons (Fsp3) is 0.500. The Balaban J connectivity index is 0.000000171. The van der Waals surface area contributed by atoms with Gasteiger partial charge in [0.25, 0.3) is 0 Å². The zero-order valence-corrected chi connectivity index (χ0v) is 19.2. The summed E-state index contributed by atoms with van der Waals surface area (Å²) in [6.45, 7) is 7.77. The first-order chi connectivity index (χ1) is 14.8. The van der Waals surface area contributed by atoms with E-state index in [9.17, 15) is 0 Å². The number of rotatable bonds is 6. The van der Waals surface area contributed by atoms with E-state index in [0.717, 1.165) is 10.3 Å². The number of hydrogen-bond acceptors (Lipinski definition) is 6. The van der Waals surface area contributed by atoms with Gasteiger partial charge in [-0.05, 0) is 62.5 Å². The van der Waals surface area contributed by atoms with E-state index < -0.39 is 0 Å². The smallest absolute Gasteiger partial charge is 0.187 e. The van der Waals surface area contributed by atoms with Crippen LogP contribution in [0.25, 0.3) is 0 Å². The van der Waals surface area contributed by atoms with Crippen molar-refractivity contribution >= 4 is 23.5 Å². The van der Waals surface area contributed by atoms with Crippen LogP contribution in [0.4, 0.5) is 0 Å². The van der Waals surface area contributed by atoms with Crippen LogP contribution in [0.1, 0.15) is 51.4 Å². The summed E-state index contributed by atoms with van der Waals surface area (Å²) in [5.74, 6) is 1.39. The van der Waals surface area contributed by atoms with Gasteiger partial charge >= 0.3 is 0 Å². The molecule has 0 aromatic carbocycles. The predicted octanol–water partition coefficient (Wildman–Crippen LogP) is 6.63. The van der Waals surface area contributed by atoms with E-state index in [-0.39, 0.29) is 0 Å². The van der Waals surface area contributed by atoms with Crippen molar-refractivity contribution in [2.45, 2.75) is 72.2 Å². The number of nitrogens with zero attached hydrogens (tertiary/aromatic N) is 4. The largest absolute Gasteiger partial charge is 0.231 e. The molecule has 2 heterocycles. The van der Waals surface area contributed by atoms with Crippen molar-refractivity contribution in [3.63, 3.8) is 0 Å². The van der Waals surface area contributed by atoms with E-state index in [4.69, 9.17) is 0 Å². The van der Waals surface area contributed by atoms with Gasteiger partial charge < -0.3 is 0 Å². The summed E-state index contributed by atoms with van der Waals surface area (Å²) in [5.41, 5.74) is 0. The lowest BCUT2D eigenvalue weighted by Gasteiger charge is -2.25. The predicted molar refractivity (Wildman–Crippen MR) is 128 cm³/mol. The topological polar surface area (TPSA) is 51.6 Å². The maximum Gasteiger partial charge on any atom is 0.187 e. The SMILES string of the molecule is C=C[C@@H]1CCC[C@H](Sc2ncccn2)C1.C=C[C@H]1CCC[C@@H](Sc2ncccn2)C1. The molecule has 30 heavy (non-hydrogen) atoms. The highest BCUT2D eigenvalue weighted by atomic mass is 32.2. The highest BCUT2D eigenvalue weighted by molar-refractivity contribution is 8.00. The fourth-order valence-corrected chi connectivity index (χ4v) is 6.33. The molecular weight excluding hydrogens is 408 g/mol. The summed E-state index contributed by atoms with van der Waals surface area (Å²) < 4.78 is 0. The van der Waals surface area contributed by atoms with Crippen molar-refractivity contribution in [3.8, 4) is 0 Å². The molecule has 0 spiro atoms. The Bertz CT molecular complexity index is 691. The molecule has 4 rings (SSSR count). The Morgan fingerprint density at radius 1 is 0.667 bits per heavy atom. The quantitative estimate of drug-likeness (QED) is 0.371. The van der Waals surface area contributed by atoms with Gasteiger partial charge in [-0.1, -0.05) is 48.5 Å². The maximum absolute atomic E-state index is 4.25. The molecule has 2 aromatic heterocycles. The van der Waals surface area contributed by atoms with E-state index in [0.29, 0.717) is 22.3 Å². The van der Waals surface area contributed by atoms with E-state index in [2.05, 4.69) is 45.2 Å². The van der Waals surface area contributed by atoms with Crippen molar-refractivity contribution in [1.29, 1.82) is 0 Å². The van der Waals surface area contributed by atoms with E-state index >= 15 is 0 Å². The molecule has 4 nitrogen and oxygen atoms in total. The van der Waals surface area contributed by atoms with Gasteiger partial charge in [-0.2, -0.15) is 0 Å². The molecule has 6 heteroatoms. The van der Waals surface area contributed by atoms with Crippen molar-refractivity contribution in [2.75, 3.05) is 0 Å². The van der Waals surface area contributed by atoms with Crippen LogP contribution in [-0.4, -0.2) is 30.4 Å². The van der Waals surface area contributed by atoms with Crippen LogP contribution in [-0.2, 0) is 0 Å². The second-order valence-corrected chi connectivity index (χ2v) is 10.4. The molecule has 160 valence electrons. The lowest BCUT2D eigenvalue weighted by atomic mass is 9.89. The standard InChI is InChI=1S/2C12H16N2S/c2*1-2-10-5-3-6-11(9-10)15-12-13-7-4-8-14-12/h2*2,4,7-8,10-11H,1,3,5-6,9H2/t2*10-,11+/m10/s1. The van der Waals surface area contributed by atoms with Crippen molar-refractivity contribution in [3.05, 3.63) is 62.2 Å². The molecule has 0 radical (unpaired) electrons. The molecule has 0 aliphatic heterocycles. The molecule has 0 unspecified atom stereocenters. The van der Waals surface area contributed by atoms with Gasteiger partial charge in [0, 0.05) is 35.3 Å². The maximum atomic E-state index is 4.25. The molecule has 4 atom stereocenters. The Labute approximate surface area is 189 Å². The molecule has 0 bridgehead atoms. The van der Waals surface area contributed by atoms with Gasteiger partial charge in [-0.15, -0.1) is 13.2 Å². The Morgan fingerprint density at radius 3 is 1.43 bits per heavy atom. The minimum absolute atomic E-state index is 0.671. The zero-order valence-electron chi connectivity index (χ0n) is 17.6. The van der Waals surface area contributed by atoms with Crippen LogP contribution in [0.15, 0.2) is 72.5 Å². The minimum atomic E-state index is 0.671. The molecule has 2 aliphatic carbocycles. The normalized spacial score (nSPS) is 26.1. The molecule has 2 saturated carbocycles. The van der Waals surface area contributed by atoms with Gasteiger partial charge in [0.15, 0.2) is 10.3 Å². The Hall–Kier alpha value is -1.66. The highest BCUT2D eigenvalue weighted by Crippen LogP contribution is 2.36. The van der Waals surface area contributed by atoms with Gasteiger partial charge in [0.05, 0.1) is 0 Å². The molecule has 0 N–H and O–H groups in total. The third-order valence-electron chi connectivity index (χ3n) is 5.63. The number of allylic oxidation sites excluding steroid dienone is 2. The zero-order chi connectivity index (χ0) is 21.0. The summed E-state index contributed by atoms with van der Waals surface area (Å²) in [7, 11) is 0. The van der Waals surface area contributed by atoms with Crippen molar-refractivity contribution in [2.24, 2.45) is 11.8 Å². The van der Waals surface area contributed by atoms with Gasteiger partial charge in [0.2, 0.25) is 0 Å². The Morgan fingerprint density at radius 2 is 1.07 bits per heavy atom. The van der Waals surface area contributed by atoms with Gasteiger partial charge in [-0.25, -0.2) is 19.9 Å². The van der Waals surface area contributed by atoms with E-state index in [1.54, 1.807) is 0 Å². The molecule has 2 aromatic rings. The lowest BCUT2D eigenvalue weighted by molar-refractivity contribution is 0.429. The third-order valence-corrected chi connectivity index (χ3v) is 7.99. The number of hydrogen-bond donors (Lipinski definition) is 0. The van der Waals surface area contributed by atoms with E-state index in [1.165, 1.54) is 51.4 Å². The highest BCUT2D eigenvalue weighted by Gasteiger charge is 2.22. The average Bonchev–Trinajstić information content (AvgIpc) is 2.81. The van der Waals surface area contributed by atoms with Gasteiger partial charge in [-0.3, -0.25) is 0 Å². The van der Waals surface area contributed by atoms with E-state index in [1.807, 2.05) is 60.4 Å². The van der Waals surface area contributed by atoms with Gasteiger partial charge in [0.1, 0.15) is 0 Å². The van der Waals surface area contributed by atoms with Crippen LogP contribution in [0, 0.1) is 11.8 Å².